The summed E-state index contributed by atoms with van der Waals surface area (Å²) in [6, 6.07) is 8.06. The van der Waals surface area contributed by atoms with Crippen LogP contribution in [0.4, 0.5) is 0 Å². The van der Waals surface area contributed by atoms with Crippen LogP contribution in [-0.2, 0) is 11.2 Å². The summed E-state index contributed by atoms with van der Waals surface area (Å²) in [4.78, 5) is 11.2. The van der Waals surface area contributed by atoms with Crippen LogP contribution in [0.5, 0.6) is 0 Å². The average molecular weight is 160 g/mol. The number of fused-ring (bicyclic) bond motifs is 1. The summed E-state index contributed by atoms with van der Waals surface area (Å²) in [5.41, 5.74) is 3.46. The lowest BCUT2D eigenvalue weighted by Crippen LogP contribution is -2.07. The van der Waals surface area contributed by atoms with Crippen molar-refractivity contribution in [2.75, 3.05) is 0 Å². The second-order valence-electron chi connectivity index (χ2n) is 3.13. The minimum atomic E-state index is 0. The first-order valence-corrected chi connectivity index (χ1v) is 4.07. The molecule has 1 nitrogen and oxygen atoms in total. The van der Waals surface area contributed by atoms with Crippen molar-refractivity contribution in [2.45, 2.75) is 13.3 Å². The van der Waals surface area contributed by atoms with E-state index in [1.54, 1.807) is 6.08 Å². The fourth-order valence-electron chi connectivity index (χ4n) is 1.62. The van der Waals surface area contributed by atoms with Gasteiger partial charge in [0.2, 0.25) is 0 Å². The summed E-state index contributed by atoms with van der Waals surface area (Å²) < 4.78 is 0. The van der Waals surface area contributed by atoms with Gasteiger partial charge in [-0.2, -0.15) is 0 Å². The standard InChI is InChI=1S/C11H10O.H2/c1-8-6-10(12)7-9-4-2-3-5-11(8)9;/h2-6H,7H2,1H3;1H. The van der Waals surface area contributed by atoms with Crippen molar-refractivity contribution in [2.24, 2.45) is 0 Å². The largest absolute Gasteiger partial charge is 0.294 e. The van der Waals surface area contributed by atoms with Gasteiger partial charge in [0.05, 0.1) is 0 Å². The Morgan fingerprint density at radius 1 is 1.33 bits per heavy atom. The Bertz CT molecular complexity index is 366. The molecule has 0 saturated carbocycles. The van der Waals surface area contributed by atoms with Gasteiger partial charge in [0, 0.05) is 7.85 Å². The molecule has 0 atom stereocenters. The number of carbonyl (C=O) groups is 1. The molecule has 0 unspecified atom stereocenters. The summed E-state index contributed by atoms with van der Waals surface area (Å²) >= 11 is 0. The lowest BCUT2D eigenvalue weighted by Gasteiger charge is -2.12. The van der Waals surface area contributed by atoms with E-state index in [0.29, 0.717) is 6.42 Å². The van der Waals surface area contributed by atoms with Crippen molar-refractivity contribution < 1.29 is 6.22 Å². The van der Waals surface area contributed by atoms with Crippen LogP contribution in [-0.4, -0.2) is 5.78 Å². The van der Waals surface area contributed by atoms with Gasteiger partial charge in [-0.1, -0.05) is 24.3 Å². The van der Waals surface area contributed by atoms with Crippen molar-refractivity contribution >= 4 is 11.4 Å². The molecule has 12 heavy (non-hydrogen) atoms. The summed E-state index contributed by atoms with van der Waals surface area (Å²) in [5.74, 6) is 0.214. The molecule has 1 heteroatoms. The van der Waals surface area contributed by atoms with Crippen LogP contribution < -0.4 is 0 Å². The Hall–Kier alpha value is -1.37. The molecule has 0 N–H and O–H groups in total. The Morgan fingerprint density at radius 2 is 2.08 bits per heavy atom. The van der Waals surface area contributed by atoms with Crippen molar-refractivity contribution in [3.63, 3.8) is 0 Å². The van der Waals surface area contributed by atoms with E-state index < -0.39 is 0 Å². The zero-order valence-electron chi connectivity index (χ0n) is 7.00. The van der Waals surface area contributed by atoms with Gasteiger partial charge in [-0.3, -0.25) is 4.79 Å². The smallest absolute Gasteiger partial charge is 0.160 e. The Labute approximate surface area is 73.2 Å². The molecular formula is C11H12O. The number of carbonyl (C=O) groups excluding carboxylic acids is 1. The molecule has 0 fully saturated rings. The Balaban J connectivity index is 0.000000845. The normalized spacial score (nSPS) is 15.4. The summed E-state index contributed by atoms with van der Waals surface area (Å²) in [7, 11) is 0. The predicted octanol–water partition coefficient (Wildman–Crippen LogP) is 2.46. The molecule has 0 heterocycles. The molecule has 1 aromatic rings. The number of hydrogen-bond acceptors (Lipinski definition) is 1. The molecule has 62 valence electrons. The van der Waals surface area contributed by atoms with Gasteiger partial charge in [-0.25, -0.2) is 0 Å². The fraction of sp³-hybridized carbons (Fsp3) is 0.182. The lowest BCUT2D eigenvalue weighted by molar-refractivity contribution is -0.114. The molecule has 0 spiro atoms. The zero-order valence-corrected chi connectivity index (χ0v) is 7.00. The number of allylic oxidation sites excluding steroid dienone is 2. The summed E-state index contributed by atoms with van der Waals surface area (Å²) in [6.07, 6.45) is 2.29. The topological polar surface area (TPSA) is 17.1 Å². The summed E-state index contributed by atoms with van der Waals surface area (Å²) in [6.45, 7) is 1.98. The van der Waals surface area contributed by atoms with Crippen LogP contribution in [0.3, 0.4) is 0 Å². The highest BCUT2D eigenvalue weighted by Crippen LogP contribution is 2.23. The fourth-order valence-corrected chi connectivity index (χ4v) is 1.62. The van der Waals surface area contributed by atoms with Crippen molar-refractivity contribution in [1.29, 1.82) is 0 Å². The number of ketones is 1. The molecule has 0 saturated heterocycles. The minimum Gasteiger partial charge on any atom is -0.294 e. The van der Waals surface area contributed by atoms with Crippen LogP contribution in [0.2, 0.25) is 0 Å². The van der Waals surface area contributed by atoms with E-state index >= 15 is 0 Å². The van der Waals surface area contributed by atoms with Gasteiger partial charge in [0.1, 0.15) is 0 Å². The third-order valence-electron chi connectivity index (χ3n) is 2.18. The van der Waals surface area contributed by atoms with Gasteiger partial charge in [0.15, 0.2) is 5.78 Å². The minimum absolute atomic E-state index is 0. The van der Waals surface area contributed by atoms with Crippen LogP contribution in [0.25, 0.3) is 5.57 Å². The maximum Gasteiger partial charge on any atom is 0.160 e. The third kappa shape index (κ3) is 1.07. The molecule has 0 radical (unpaired) electrons. The second-order valence-corrected chi connectivity index (χ2v) is 3.13. The van der Waals surface area contributed by atoms with Gasteiger partial charge in [-0.05, 0) is 29.7 Å². The van der Waals surface area contributed by atoms with Crippen molar-refractivity contribution in [1.82, 2.24) is 0 Å². The van der Waals surface area contributed by atoms with Crippen LogP contribution in [0.15, 0.2) is 30.3 Å². The van der Waals surface area contributed by atoms with Crippen molar-refractivity contribution in [3.8, 4) is 0 Å². The molecule has 0 bridgehead atoms. The summed E-state index contributed by atoms with van der Waals surface area (Å²) in [5, 5.41) is 0. The first kappa shape index (κ1) is 7.29. The van der Waals surface area contributed by atoms with E-state index in [1.807, 2.05) is 25.1 Å². The number of hydrogen-bond donors (Lipinski definition) is 0. The number of rotatable bonds is 0. The molecule has 0 aromatic heterocycles. The molecule has 0 aliphatic heterocycles. The highest BCUT2D eigenvalue weighted by molar-refractivity contribution is 6.01. The van der Waals surface area contributed by atoms with Gasteiger partial charge in [0.25, 0.3) is 0 Å². The highest BCUT2D eigenvalue weighted by atomic mass is 16.1. The predicted molar refractivity (Wildman–Crippen MR) is 50.9 cm³/mol. The maximum atomic E-state index is 11.2. The SMILES string of the molecule is CC1=CC(=O)Cc2ccccc21.[HH]. The maximum absolute atomic E-state index is 11.2. The molecule has 0 amide bonds. The first-order valence-electron chi connectivity index (χ1n) is 4.07. The van der Waals surface area contributed by atoms with E-state index in [-0.39, 0.29) is 7.21 Å². The van der Waals surface area contributed by atoms with Gasteiger partial charge >= 0.3 is 0 Å². The van der Waals surface area contributed by atoms with E-state index in [9.17, 15) is 4.79 Å². The van der Waals surface area contributed by atoms with E-state index in [4.69, 9.17) is 0 Å². The lowest BCUT2D eigenvalue weighted by atomic mass is 9.91. The average Bonchev–Trinajstić information content (AvgIpc) is 2.04. The highest BCUT2D eigenvalue weighted by Gasteiger charge is 2.12. The second kappa shape index (κ2) is 2.59. The molecular weight excluding hydrogens is 148 g/mol. The Kier molecular flexibility index (Phi) is 1.58. The third-order valence-corrected chi connectivity index (χ3v) is 2.18. The monoisotopic (exact) mass is 160 g/mol. The molecule has 1 aromatic carbocycles. The zero-order chi connectivity index (χ0) is 8.55. The van der Waals surface area contributed by atoms with Gasteiger partial charge in [-0.15, -0.1) is 0 Å². The van der Waals surface area contributed by atoms with Crippen LogP contribution in [0, 0.1) is 0 Å². The molecule has 1 aliphatic rings. The van der Waals surface area contributed by atoms with Crippen LogP contribution in [0.1, 0.15) is 19.5 Å². The Morgan fingerprint density at radius 3 is 2.92 bits per heavy atom. The van der Waals surface area contributed by atoms with E-state index in [2.05, 4.69) is 6.07 Å². The first-order chi connectivity index (χ1) is 5.77. The quantitative estimate of drug-likeness (QED) is 0.569. The van der Waals surface area contributed by atoms with Gasteiger partial charge < -0.3 is 0 Å². The van der Waals surface area contributed by atoms with E-state index in [1.165, 1.54) is 5.56 Å². The molecule has 2 rings (SSSR count). The molecule has 1 aliphatic carbocycles. The van der Waals surface area contributed by atoms with Crippen molar-refractivity contribution in [3.05, 3.63) is 41.5 Å². The van der Waals surface area contributed by atoms with E-state index in [0.717, 1.165) is 11.1 Å². The van der Waals surface area contributed by atoms with Crippen LogP contribution >= 0.6 is 0 Å². The number of benzene rings is 1.